The predicted molar refractivity (Wildman–Crippen MR) is 106 cm³/mol. The van der Waals surface area contributed by atoms with Crippen molar-refractivity contribution in [1.82, 2.24) is 4.90 Å². The smallest absolute Gasteiger partial charge is 0.321 e. The van der Waals surface area contributed by atoms with Crippen LogP contribution < -0.4 is 10.2 Å². The van der Waals surface area contributed by atoms with Gasteiger partial charge in [0.1, 0.15) is 0 Å². The van der Waals surface area contributed by atoms with Crippen molar-refractivity contribution in [3.63, 3.8) is 0 Å². The molecule has 1 heterocycles. The number of benzene rings is 2. The van der Waals surface area contributed by atoms with Crippen molar-refractivity contribution in [2.45, 2.75) is 19.4 Å². The van der Waals surface area contributed by atoms with Gasteiger partial charge in [-0.1, -0.05) is 42.5 Å². The Balaban J connectivity index is 1.65. The number of carboxylic acids is 1. The van der Waals surface area contributed by atoms with E-state index >= 15 is 0 Å². The number of piperidine rings is 1. The van der Waals surface area contributed by atoms with Crippen LogP contribution in [0.25, 0.3) is 0 Å². The van der Waals surface area contributed by atoms with Crippen LogP contribution in [0.1, 0.15) is 18.4 Å². The number of para-hydroxylation sites is 2. The van der Waals surface area contributed by atoms with Crippen LogP contribution in [0, 0.1) is 5.92 Å². The molecule has 0 aliphatic carbocycles. The van der Waals surface area contributed by atoms with Crippen molar-refractivity contribution in [3.05, 3.63) is 60.2 Å². The third-order valence-electron chi connectivity index (χ3n) is 4.95. The Hall–Kier alpha value is -3.02. The van der Waals surface area contributed by atoms with E-state index in [1.54, 1.807) is 4.90 Å². The lowest BCUT2D eigenvalue weighted by atomic mass is 9.97. The monoisotopic (exact) mass is 367 g/mol. The van der Waals surface area contributed by atoms with E-state index in [4.69, 9.17) is 5.11 Å². The molecule has 27 heavy (non-hydrogen) atoms. The molecular formula is C21H25N3O3. The molecule has 1 aliphatic rings. The summed E-state index contributed by atoms with van der Waals surface area (Å²) in [4.78, 5) is 27.5. The van der Waals surface area contributed by atoms with E-state index in [1.165, 1.54) is 5.56 Å². The number of aliphatic carboxylic acids is 1. The molecule has 6 heteroatoms. The molecule has 1 aliphatic heterocycles. The zero-order valence-corrected chi connectivity index (χ0v) is 15.5. The van der Waals surface area contributed by atoms with Gasteiger partial charge in [0, 0.05) is 26.7 Å². The topological polar surface area (TPSA) is 72.9 Å². The number of nitrogens with zero attached hydrogens (tertiary/aromatic N) is 2. The van der Waals surface area contributed by atoms with Gasteiger partial charge in [-0.05, 0) is 30.5 Å². The van der Waals surface area contributed by atoms with E-state index in [-0.39, 0.29) is 11.9 Å². The lowest BCUT2D eigenvalue weighted by molar-refractivity contribution is -0.143. The summed E-state index contributed by atoms with van der Waals surface area (Å²) >= 11 is 0. The van der Waals surface area contributed by atoms with Gasteiger partial charge in [-0.3, -0.25) is 4.79 Å². The fourth-order valence-electron chi connectivity index (χ4n) is 3.38. The van der Waals surface area contributed by atoms with Gasteiger partial charge in [-0.25, -0.2) is 4.79 Å². The molecule has 142 valence electrons. The highest BCUT2D eigenvalue weighted by Gasteiger charge is 2.27. The third kappa shape index (κ3) is 4.78. The minimum absolute atomic E-state index is 0.181. The van der Waals surface area contributed by atoms with Gasteiger partial charge in [-0.15, -0.1) is 0 Å². The van der Waals surface area contributed by atoms with Gasteiger partial charge in [0.2, 0.25) is 0 Å². The number of hydrogen-bond donors (Lipinski definition) is 2. The van der Waals surface area contributed by atoms with Crippen molar-refractivity contribution in [1.29, 1.82) is 0 Å². The second-order valence-corrected chi connectivity index (χ2v) is 6.89. The minimum atomic E-state index is -0.775. The first-order chi connectivity index (χ1) is 13.0. The summed E-state index contributed by atoms with van der Waals surface area (Å²) in [7, 11) is 2.00. The summed E-state index contributed by atoms with van der Waals surface area (Å²) in [5, 5.41) is 12.1. The zero-order valence-electron chi connectivity index (χ0n) is 15.5. The molecule has 0 bridgehead atoms. The standard InChI is InChI=1S/C21H25N3O3/c1-23(15-16-7-3-2-4-8-16)19-10-6-5-9-18(19)22-21(27)24-13-11-17(12-14-24)20(25)26/h2-10,17H,11-15H2,1H3,(H,22,27)(H,25,26). The molecule has 1 saturated heterocycles. The normalized spacial score (nSPS) is 14.6. The number of hydrogen-bond acceptors (Lipinski definition) is 3. The number of nitrogens with one attached hydrogen (secondary N) is 1. The Bertz CT molecular complexity index is 786. The number of carbonyl (C=O) groups is 2. The van der Waals surface area contributed by atoms with Crippen LogP contribution in [0.15, 0.2) is 54.6 Å². The maximum Gasteiger partial charge on any atom is 0.321 e. The molecule has 2 amide bonds. The summed E-state index contributed by atoms with van der Waals surface area (Å²) < 4.78 is 0. The molecule has 2 aromatic carbocycles. The van der Waals surface area contributed by atoms with E-state index in [9.17, 15) is 9.59 Å². The SMILES string of the molecule is CN(Cc1ccccc1)c1ccccc1NC(=O)N1CCC(C(=O)O)CC1. The second-order valence-electron chi connectivity index (χ2n) is 6.89. The highest BCUT2D eigenvalue weighted by atomic mass is 16.4. The van der Waals surface area contributed by atoms with Crippen LogP contribution in [0.3, 0.4) is 0 Å². The van der Waals surface area contributed by atoms with Gasteiger partial charge >= 0.3 is 12.0 Å². The average Bonchev–Trinajstić information content (AvgIpc) is 2.69. The molecule has 0 atom stereocenters. The number of anilines is 2. The van der Waals surface area contributed by atoms with Crippen LogP contribution >= 0.6 is 0 Å². The number of urea groups is 1. The van der Waals surface area contributed by atoms with Crippen molar-refractivity contribution in [3.8, 4) is 0 Å². The van der Waals surface area contributed by atoms with E-state index in [2.05, 4.69) is 22.3 Å². The first-order valence-electron chi connectivity index (χ1n) is 9.17. The summed E-state index contributed by atoms with van der Waals surface area (Å²) in [6, 6.07) is 17.7. The Labute approximate surface area is 159 Å². The van der Waals surface area contributed by atoms with Crippen molar-refractivity contribution in [2.24, 2.45) is 5.92 Å². The molecule has 0 radical (unpaired) electrons. The Morgan fingerprint density at radius 2 is 1.70 bits per heavy atom. The summed E-state index contributed by atoms with van der Waals surface area (Å²) in [6.45, 7) is 1.66. The van der Waals surface area contributed by atoms with Gasteiger partial charge in [0.25, 0.3) is 0 Å². The maximum atomic E-state index is 12.6. The Morgan fingerprint density at radius 1 is 1.07 bits per heavy atom. The lowest BCUT2D eigenvalue weighted by Gasteiger charge is -2.31. The largest absolute Gasteiger partial charge is 0.481 e. The highest BCUT2D eigenvalue weighted by Crippen LogP contribution is 2.27. The number of carboxylic acid groups (broad SMARTS) is 1. The molecule has 3 rings (SSSR count). The second kappa shape index (κ2) is 8.58. The van der Waals surface area contributed by atoms with Gasteiger partial charge in [0.15, 0.2) is 0 Å². The minimum Gasteiger partial charge on any atom is -0.481 e. The molecule has 0 unspecified atom stereocenters. The number of rotatable bonds is 5. The summed E-state index contributed by atoms with van der Waals surface area (Å²) in [5.41, 5.74) is 2.88. The lowest BCUT2D eigenvalue weighted by Crippen LogP contribution is -2.42. The molecule has 1 fully saturated rings. The van der Waals surface area contributed by atoms with E-state index in [0.717, 1.165) is 17.9 Å². The molecule has 6 nitrogen and oxygen atoms in total. The van der Waals surface area contributed by atoms with Crippen LogP contribution in [0.4, 0.5) is 16.2 Å². The van der Waals surface area contributed by atoms with Crippen molar-refractivity contribution < 1.29 is 14.7 Å². The van der Waals surface area contributed by atoms with Gasteiger partial charge < -0.3 is 20.2 Å². The number of carbonyl (C=O) groups excluding carboxylic acids is 1. The molecule has 2 N–H and O–H groups in total. The quantitative estimate of drug-likeness (QED) is 0.846. The fraction of sp³-hybridized carbons (Fsp3) is 0.333. The van der Waals surface area contributed by atoms with Gasteiger partial charge in [-0.2, -0.15) is 0 Å². The average molecular weight is 367 g/mol. The van der Waals surface area contributed by atoms with E-state index in [1.807, 2.05) is 49.5 Å². The first kappa shape index (κ1) is 18.8. The van der Waals surface area contributed by atoms with Crippen LogP contribution in [0.2, 0.25) is 0 Å². The molecule has 0 saturated carbocycles. The number of amides is 2. The fourth-order valence-corrected chi connectivity index (χ4v) is 3.38. The van der Waals surface area contributed by atoms with Gasteiger partial charge in [0.05, 0.1) is 17.3 Å². The van der Waals surface area contributed by atoms with Crippen molar-refractivity contribution >= 4 is 23.4 Å². The predicted octanol–water partition coefficient (Wildman–Crippen LogP) is 3.65. The van der Waals surface area contributed by atoms with E-state index < -0.39 is 5.97 Å². The van der Waals surface area contributed by atoms with Crippen LogP contribution in [-0.4, -0.2) is 42.1 Å². The Kier molecular flexibility index (Phi) is 5.96. The van der Waals surface area contributed by atoms with Crippen molar-refractivity contribution in [2.75, 3.05) is 30.4 Å². The number of likely N-dealkylation sites (tertiary alicyclic amines) is 1. The molecule has 0 aromatic heterocycles. The van der Waals surface area contributed by atoms with E-state index in [0.29, 0.717) is 25.9 Å². The molecular weight excluding hydrogens is 342 g/mol. The maximum absolute atomic E-state index is 12.6. The molecule has 2 aromatic rings. The summed E-state index contributed by atoms with van der Waals surface area (Å²) in [5.74, 6) is -1.12. The molecule has 0 spiro atoms. The highest BCUT2D eigenvalue weighted by molar-refractivity contribution is 5.93. The summed E-state index contributed by atoms with van der Waals surface area (Å²) in [6.07, 6.45) is 0.997. The van der Waals surface area contributed by atoms with Crippen LogP contribution in [-0.2, 0) is 11.3 Å². The zero-order chi connectivity index (χ0) is 19.2. The third-order valence-corrected chi connectivity index (χ3v) is 4.95. The van der Waals surface area contributed by atoms with Crippen LogP contribution in [0.5, 0.6) is 0 Å². The first-order valence-corrected chi connectivity index (χ1v) is 9.17. The Morgan fingerprint density at radius 3 is 2.37 bits per heavy atom.